The van der Waals surface area contributed by atoms with Crippen LogP contribution in [0.2, 0.25) is 0 Å². The highest BCUT2D eigenvalue weighted by molar-refractivity contribution is 5.82. The van der Waals surface area contributed by atoms with E-state index in [1.54, 1.807) is 13.3 Å². The number of aryl methyl sites for hydroxylation is 2. The Morgan fingerprint density at radius 1 is 1.12 bits per heavy atom. The van der Waals surface area contributed by atoms with Crippen molar-refractivity contribution in [2.75, 3.05) is 11.9 Å². The van der Waals surface area contributed by atoms with Crippen molar-refractivity contribution in [1.82, 2.24) is 34.9 Å². The molecular weight excluding hydrogens is 430 g/mol. The van der Waals surface area contributed by atoms with E-state index in [0.717, 1.165) is 28.0 Å². The number of benzene rings is 1. The lowest BCUT2D eigenvalue weighted by Crippen LogP contribution is -2.03. The molecule has 0 aliphatic carbocycles. The van der Waals surface area contributed by atoms with E-state index in [4.69, 9.17) is 4.98 Å². The minimum atomic E-state index is -0.0296. The van der Waals surface area contributed by atoms with Crippen LogP contribution in [0.25, 0.3) is 28.2 Å². The lowest BCUT2D eigenvalue weighted by molar-refractivity contribution is 0.299. The van der Waals surface area contributed by atoms with E-state index in [1.807, 2.05) is 54.0 Å². The number of hydrogen-bond donors (Lipinski definition) is 3. The number of hydrogen-bond acceptors (Lipinski definition) is 8. The van der Waals surface area contributed by atoms with Gasteiger partial charge in [0.15, 0.2) is 5.82 Å². The van der Waals surface area contributed by atoms with Gasteiger partial charge in [0.1, 0.15) is 29.5 Å². The van der Waals surface area contributed by atoms with Gasteiger partial charge >= 0.3 is 0 Å². The van der Waals surface area contributed by atoms with Crippen molar-refractivity contribution in [3.63, 3.8) is 0 Å². The minimum absolute atomic E-state index is 0.0296. The lowest BCUT2D eigenvalue weighted by Gasteiger charge is -2.11. The lowest BCUT2D eigenvalue weighted by atomic mass is 10.0. The molecule has 0 spiro atoms. The van der Waals surface area contributed by atoms with E-state index in [-0.39, 0.29) is 6.61 Å². The molecule has 3 N–H and O–H groups in total. The highest BCUT2D eigenvalue weighted by atomic mass is 16.2. The second-order valence-electron chi connectivity index (χ2n) is 7.82. The molecular formula is C24H21N9O. The fourth-order valence-electron chi connectivity index (χ4n) is 3.78. The zero-order chi connectivity index (χ0) is 23.7. The molecule has 0 saturated heterocycles. The number of nitrogens with one attached hydrogen (secondary N) is 2. The van der Waals surface area contributed by atoms with Gasteiger partial charge in [0.25, 0.3) is 0 Å². The smallest absolute Gasteiger partial charge is 0.153 e. The topological polar surface area (TPSA) is 141 Å². The SMILES string of the molecule is Cc1ccc(Nc2ccc3c(c2)ncn3-c2ccc(CCO)c(-c3[nH]nc(C)c3C#N)n2)nn1. The molecule has 4 aromatic heterocycles. The first-order valence-corrected chi connectivity index (χ1v) is 10.7. The van der Waals surface area contributed by atoms with E-state index >= 15 is 0 Å². The largest absolute Gasteiger partial charge is 0.396 e. The average molecular weight is 451 g/mol. The summed E-state index contributed by atoms with van der Waals surface area (Å²) in [6.07, 6.45) is 2.12. The minimum Gasteiger partial charge on any atom is -0.396 e. The molecule has 5 aromatic rings. The zero-order valence-electron chi connectivity index (χ0n) is 18.6. The Balaban J connectivity index is 1.54. The summed E-state index contributed by atoms with van der Waals surface area (Å²) in [6.45, 7) is 3.63. The monoisotopic (exact) mass is 451 g/mol. The Hall–Kier alpha value is -4.62. The Morgan fingerprint density at radius 3 is 2.76 bits per heavy atom. The average Bonchev–Trinajstić information content (AvgIpc) is 3.44. The zero-order valence-corrected chi connectivity index (χ0v) is 18.6. The predicted molar refractivity (Wildman–Crippen MR) is 127 cm³/mol. The van der Waals surface area contributed by atoms with Crippen molar-refractivity contribution in [3.8, 4) is 23.3 Å². The fraction of sp³-hybridized carbons (Fsp3) is 0.167. The molecule has 0 saturated carbocycles. The number of aromatic nitrogens is 7. The quantitative estimate of drug-likeness (QED) is 0.357. The van der Waals surface area contributed by atoms with Crippen molar-refractivity contribution in [1.29, 1.82) is 5.26 Å². The van der Waals surface area contributed by atoms with E-state index in [0.29, 0.717) is 40.7 Å². The number of pyridine rings is 1. The number of rotatable bonds is 6. The van der Waals surface area contributed by atoms with E-state index in [2.05, 4.69) is 36.8 Å². The Morgan fingerprint density at radius 2 is 2.00 bits per heavy atom. The van der Waals surface area contributed by atoms with Crippen LogP contribution >= 0.6 is 0 Å². The van der Waals surface area contributed by atoms with Gasteiger partial charge in [-0.1, -0.05) is 6.07 Å². The van der Waals surface area contributed by atoms with Crippen LogP contribution in [0.1, 0.15) is 22.5 Å². The number of aliphatic hydroxyl groups excluding tert-OH is 1. The van der Waals surface area contributed by atoms with Gasteiger partial charge in [-0.3, -0.25) is 9.67 Å². The summed E-state index contributed by atoms with van der Waals surface area (Å²) in [5, 5.41) is 37.6. The number of anilines is 2. The first-order valence-electron chi connectivity index (χ1n) is 10.7. The Bertz CT molecular complexity index is 1530. The van der Waals surface area contributed by atoms with Crippen LogP contribution in [-0.4, -0.2) is 46.6 Å². The number of H-pyrrole nitrogens is 1. The molecule has 34 heavy (non-hydrogen) atoms. The van der Waals surface area contributed by atoms with Crippen LogP contribution < -0.4 is 5.32 Å². The third-order valence-electron chi connectivity index (χ3n) is 5.51. The second-order valence-corrected chi connectivity index (χ2v) is 7.82. The molecule has 4 heterocycles. The molecule has 0 fully saturated rings. The maximum absolute atomic E-state index is 9.59. The molecule has 0 aliphatic rings. The number of imidazole rings is 1. The van der Waals surface area contributed by atoms with E-state index in [1.165, 1.54) is 0 Å². The predicted octanol–water partition coefficient (Wildman–Crippen LogP) is 3.37. The highest BCUT2D eigenvalue weighted by Crippen LogP contribution is 2.28. The number of aliphatic hydroxyl groups is 1. The van der Waals surface area contributed by atoms with Gasteiger partial charge in [-0.2, -0.15) is 15.5 Å². The summed E-state index contributed by atoms with van der Waals surface area (Å²) in [5.41, 5.74) is 6.33. The standard InChI is InChI=1S/C24H21N9O/c1-14-3-7-21(31-29-14)27-17-5-6-20-19(11-17)26-13-33(20)22-8-4-16(9-10-34)23(28-22)24-18(12-25)15(2)30-32-24/h3-8,11,13,34H,9-10H2,1-2H3,(H,27,31)(H,30,32). The summed E-state index contributed by atoms with van der Waals surface area (Å²) in [5.74, 6) is 1.29. The maximum Gasteiger partial charge on any atom is 0.153 e. The highest BCUT2D eigenvalue weighted by Gasteiger charge is 2.18. The number of fused-ring (bicyclic) bond motifs is 1. The Kier molecular flexibility index (Phi) is 5.45. The van der Waals surface area contributed by atoms with Crippen LogP contribution in [0.4, 0.5) is 11.5 Å². The van der Waals surface area contributed by atoms with Gasteiger partial charge < -0.3 is 10.4 Å². The van der Waals surface area contributed by atoms with Crippen molar-refractivity contribution in [2.24, 2.45) is 0 Å². The maximum atomic E-state index is 9.59. The summed E-state index contributed by atoms with van der Waals surface area (Å²) < 4.78 is 1.88. The molecule has 0 aliphatic heterocycles. The molecule has 0 atom stereocenters. The molecule has 0 amide bonds. The molecule has 0 unspecified atom stereocenters. The van der Waals surface area contributed by atoms with E-state index in [9.17, 15) is 10.4 Å². The van der Waals surface area contributed by atoms with Gasteiger partial charge in [0.05, 0.1) is 28.1 Å². The molecule has 5 rings (SSSR count). The molecule has 10 nitrogen and oxygen atoms in total. The van der Waals surface area contributed by atoms with Crippen molar-refractivity contribution in [3.05, 3.63) is 71.3 Å². The van der Waals surface area contributed by atoms with Crippen LogP contribution in [0.3, 0.4) is 0 Å². The summed E-state index contributed by atoms with van der Waals surface area (Å²) in [4.78, 5) is 9.37. The first kappa shape index (κ1) is 21.2. The van der Waals surface area contributed by atoms with Crippen LogP contribution in [0.15, 0.2) is 48.8 Å². The second kappa shape index (κ2) is 8.73. The van der Waals surface area contributed by atoms with Crippen molar-refractivity contribution in [2.45, 2.75) is 20.3 Å². The summed E-state index contributed by atoms with van der Waals surface area (Å²) >= 11 is 0. The summed E-state index contributed by atoms with van der Waals surface area (Å²) in [7, 11) is 0. The van der Waals surface area contributed by atoms with E-state index < -0.39 is 0 Å². The summed E-state index contributed by atoms with van der Waals surface area (Å²) in [6, 6.07) is 15.6. The van der Waals surface area contributed by atoms with Gasteiger partial charge in [-0.25, -0.2) is 9.97 Å². The fourth-order valence-corrected chi connectivity index (χ4v) is 3.78. The molecule has 0 bridgehead atoms. The van der Waals surface area contributed by atoms with Gasteiger partial charge in [-0.05, 0) is 62.2 Å². The third kappa shape index (κ3) is 3.85. The first-order chi connectivity index (χ1) is 16.6. The van der Waals surface area contributed by atoms with Crippen molar-refractivity contribution >= 4 is 22.5 Å². The van der Waals surface area contributed by atoms with Crippen LogP contribution in [0.5, 0.6) is 0 Å². The van der Waals surface area contributed by atoms with Crippen LogP contribution in [0, 0.1) is 25.2 Å². The molecule has 168 valence electrons. The van der Waals surface area contributed by atoms with Gasteiger partial charge in [0, 0.05) is 12.3 Å². The molecule has 1 aromatic carbocycles. The van der Waals surface area contributed by atoms with Crippen LogP contribution in [-0.2, 0) is 6.42 Å². The number of nitriles is 1. The Labute approximate surface area is 195 Å². The van der Waals surface area contributed by atoms with Gasteiger partial charge in [-0.15, -0.1) is 5.10 Å². The molecule has 0 radical (unpaired) electrons. The number of nitrogens with zero attached hydrogens (tertiary/aromatic N) is 7. The molecule has 10 heteroatoms. The normalized spacial score (nSPS) is 11.0. The van der Waals surface area contributed by atoms with Gasteiger partial charge in [0.2, 0.25) is 0 Å². The number of aromatic amines is 1. The third-order valence-corrected chi connectivity index (χ3v) is 5.51. The van der Waals surface area contributed by atoms with Crippen molar-refractivity contribution < 1.29 is 5.11 Å².